The summed E-state index contributed by atoms with van der Waals surface area (Å²) in [7, 11) is 0. The summed E-state index contributed by atoms with van der Waals surface area (Å²) in [5.74, 6) is 0.476. The molecule has 158 valence electrons. The Morgan fingerprint density at radius 1 is 0.938 bits per heavy atom. The molecule has 0 amide bonds. The molecular weight excluding hydrogens is 398 g/mol. The van der Waals surface area contributed by atoms with E-state index in [2.05, 4.69) is 50.1 Å². The molecule has 0 atom stereocenters. The molecule has 1 aliphatic heterocycles. The fourth-order valence-electron chi connectivity index (χ4n) is 4.26. The maximum atomic E-state index is 12.4. The Hall–Kier alpha value is -3.95. The molecule has 0 spiro atoms. The van der Waals surface area contributed by atoms with E-state index in [0.29, 0.717) is 22.3 Å². The van der Waals surface area contributed by atoms with Gasteiger partial charge in [0, 0.05) is 38.3 Å². The fourth-order valence-corrected chi connectivity index (χ4v) is 4.26. The highest BCUT2D eigenvalue weighted by Crippen LogP contribution is 2.27. The van der Waals surface area contributed by atoms with Gasteiger partial charge in [-0.05, 0) is 35.9 Å². The minimum atomic E-state index is -0.178. The van der Waals surface area contributed by atoms with E-state index < -0.39 is 0 Å². The Kier molecular flexibility index (Phi) is 5.40. The third kappa shape index (κ3) is 3.98. The summed E-state index contributed by atoms with van der Waals surface area (Å²) in [4.78, 5) is 24.6. The molecule has 1 N–H and O–H groups in total. The van der Waals surface area contributed by atoms with Crippen LogP contribution in [-0.2, 0) is 6.54 Å². The van der Waals surface area contributed by atoms with Crippen molar-refractivity contribution in [2.24, 2.45) is 0 Å². The van der Waals surface area contributed by atoms with Crippen molar-refractivity contribution >= 4 is 16.6 Å². The van der Waals surface area contributed by atoms with Gasteiger partial charge in [0.05, 0.1) is 22.2 Å². The van der Waals surface area contributed by atoms with Gasteiger partial charge in [-0.3, -0.25) is 9.69 Å². The Balaban J connectivity index is 1.36. The maximum absolute atomic E-state index is 12.4. The van der Waals surface area contributed by atoms with E-state index >= 15 is 0 Å². The average Bonchev–Trinajstić information content (AvgIpc) is 2.85. The van der Waals surface area contributed by atoms with E-state index in [1.807, 2.05) is 42.5 Å². The topological polar surface area (TPSA) is 76.0 Å². The lowest BCUT2D eigenvalue weighted by Gasteiger charge is -2.36. The molecule has 5 rings (SSSR count). The number of aromatic amines is 1. The SMILES string of the molecule is N#Cc1cc(-c2nc3ccccc3c(=O)[nH]2)ccc1N1CCN(Cc2ccccc2)CC1. The highest BCUT2D eigenvalue weighted by Gasteiger charge is 2.20. The van der Waals surface area contributed by atoms with Crippen LogP contribution in [0.15, 0.2) is 77.6 Å². The van der Waals surface area contributed by atoms with Crippen LogP contribution >= 0.6 is 0 Å². The second-order valence-electron chi connectivity index (χ2n) is 8.02. The van der Waals surface area contributed by atoms with Crippen molar-refractivity contribution in [2.75, 3.05) is 31.1 Å². The van der Waals surface area contributed by atoms with Crippen LogP contribution < -0.4 is 10.5 Å². The highest BCUT2D eigenvalue weighted by atomic mass is 16.1. The lowest BCUT2D eigenvalue weighted by molar-refractivity contribution is 0.250. The number of fused-ring (bicyclic) bond motifs is 1. The largest absolute Gasteiger partial charge is 0.368 e. The van der Waals surface area contributed by atoms with Crippen molar-refractivity contribution in [3.8, 4) is 17.5 Å². The van der Waals surface area contributed by atoms with E-state index in [1.54, 1.807) is 6.07 Å². The minimum absolute atomic E-state index is 0.178. The molecule has 1 aromatic heterocycles. The van der Waals surface area contributed by atoms with Crippen molar-refractivity contribution in [3.63, 3.8) is 0 Å². The normalized spacial score (nSPS) is 14.4. The second kappa shape index (κ2) is 8.66. The Labute approximate surface area is 186 Å². The quantitative estimate of drug-likeness (QED) is 0.543. The third-order valence-corrected chi connectivity index (χ3v) is 5.97. The van der Waals surface area contributed by atoms with Gasteiger partial charge in [-0.15, -0.1) is 0 Å². The molecule has 6 heteroatoms. The minimum Gasteiger partial charge on any atom is -0.368 e. The summed E-state index contributed by atoms with van der Waals surface area (Å²) in [6, 6.07) is 25.8. The van der Waals surface area contributed by atoms with Gasteiger partial charge in [-0.2, -0.15) is 5.26 Å². The van der Waals surface area contributed by atoms with Gasteiger partial charge < -0.3 is 9.88 Å². The third-order valence-electron chi connectivity index (χ3n) is 5.97. The number of nitrogens with one attached hydrogen (secondary N) is 1. The molecule has 0 radical (unpaired) electrons. The van der Waals surface area contributed by atoms with Crippen molar-refractivity contribution in [2.45, 2.75) is 6.54 Å². The van der Waals surface area contributed by atoms with Gasteiger partial charge in [0.15, 0.2) is 0 Å². The molecule has 0 unspecified atom stereocenters. The van der Waals surface area contributed by atoms with E-state index in [1.165, 1.54) is 5.56 Å². The van der Waals surface area contributed by atoms with E-state index in [0.717, 1.165) is 44.0 Å². The van der Waals surface area contributed by atoms with E-state index in [4.69, 9.17) is 0 Å². The number of aromatic nitrogens is 2. The van der Waals surface area contributed by atoms with Crippen LogP contribution in [0, 0.1) is 11.3 Å². The fraction of sp³-hybridized carbons (Fsp3) is 0.192. The number of para-hydroxylation sites is 1. The predicted octanol–water partition coefficient (Wildman–Crippen LogP) is 3.78. The molecule has 4 aromatic rings. The molecular formula is C26H23N5O. The Bertz CT molecular complexity index is 1350. The number of H-pyrrole nitrogens is 1. The van der Waals surface area contributed by atoms with Crippen LogP contribution in [0.2, 0.25) is 0 Å². The molecule has 32 heavy (non-hydrogen) atoms. The number of rotatable bonds is 4. The van der Waals surface area contributed by atoms with Gasteiger partial charge in [-0.1, -0.05) is 42.5 Å². The van der Waals surface area contributed by atoms with Crippen LogP contribution in [-0.4, -0.2) is 41.0 Å². The molecule has 1 saturated heterocycles. The first-order valence-electron chi connectivity index (χ1n) is 10.8. The zero-order valence-corrected chi connectivity index (χ0v) is 17.7. The summed E-state index contributed by atoms with van der Waals surface area (Å²) in [5.41, 5.74) is 4.04. The van der Waals surface area contributed by atoms with Crippen LogP contribution in [0.1, 0.15) is 11.1 Å². The van der Waals surface area contributed by atoms with Gasteiger partial charge in [-0.25, -0.2) is 4.98 Å². The molecule has 0 bridgehead atoms. The average molecular weight is 422 g/mol. The molecule has 1 fully saturated rings. The number of hydrogen-bond acceptors (Lipinski definition) is 5. The van der Waals surface area contributed by atoms with E-state index in [-0.39, 0.29) is 5.56 Å². The molecule has 1 aliphatic rings. The number of hydrogen-bond donors (Lipinski definition) is 1. The van der Waals surface area contributed by atoms with Gasteiger partial charge >= 0.3 is 0 Å². The first-order valence-corrected chi connectivity index (χ1v) is 10.8. The number of benzene rings is 3. The lowest BCUT2D eigenvalue weighted by atomic mass is 10.1. The molecule has 0 aliphatic carbocycles. The van der Waals surface area contributed by atoms with Crippen LogP contribution in [0.3, 0.4) is 0 Å². The summed E-state index contributed by atoms with van der Waals surface area (Å²) in [6.07, 6.45) is 0. The lowest BCUT2D eigenvalue weighted by Crippen LogP contribution is -2.46. The van der Waals surface area contributed by atoms with Crippen LogP contribution in [0.5, 0.6) is 0 Å². The summed E-state index contributed by atoms with van der Waals surface area (Å²) < 4.78 is 0. The number of piperazine rings is 1. The second-order valence-corrected chi connectivity index (χ2v) is 8.02. The first-order chi connectivity index (χ1) is 15.7. The highest BCUT2D eigenvalue weighted by molar-refractivity contribution is 5.79. The monoisotopic (exact) mass is 421 g/mol. The maximum Gasteiger partial charge on any atom is 0.259 e. The van der Waals surface area contributed by atoms with Gasteiger partial charge in [0.2, 0.25) is 0 Å². The molecule has 3 aromatic carbocycles. The van der Waals surface area contributed by atoms with Crippen molar-refractivity contribution in [1.29, 1.82) is 5.26 Å². The smallest absolute Gasteiger partial charge is 0.259 e. The zero-order valence-electron chi connectivity index (χ0n) is 17.7. The summed E-state index contributed by atoms with van der Waals surface area (Å²) >= 11 is 0. The van der Waals surface area contributed by atoms with Crippen molar-refractivity contribution < 1.29 is 0 Å². The Morgan fingerprint density at radius 3 is 2.47 bits per heavy atom. The summed E-state index contributed by atoms with van der Waals surface area (Å²) in [5, 5.41) is 10.4. The Morgan fingerprint density at radius 2 is 1.69 bits per heavy atom. The standard InChI is InChI=1S/C26H23N5O/c27-17-21-16-20(25-28-23-9-5-4-8-22(23)26(32)29-25)10-11-24(21)31-14-12-30(13-15-31)18-19-6-2-1-3-7-19/h1-11,16H,12-15,18H2,(H,28,29,32). The molecule has 0 saturated carbocycles. The predicted molar refractivity (Wildman–Crippen MR) is 126 cm³/mol. The summed E-state index contributed by atoms with van der Waals surface area (Å²) in [6.45, 7) is 4.57. The van der Waals surface area contributed by atoms with Crippen LogP contribution in [0.25, 0.3) is 22.3 Å². The number of nitrogens with zero attached hydrogens (tertiary/aromatic N) is 4. The number of anilines is 1. The molecule has 2 heterocycles. The number of nitriles is 1. The first kappa shape index (κ1) is 20.0. The van der Waals surface area contributed by atoms with E-state index in [9.17, 15) is 10.1 Å². The molecule has 6 nitrogen and oxygen atoms in total. The van der Waals surface area contributed by atoms with Gasteiger partial charge in [0.25, 0.3) is 5.56 Å². The zero-order chi connectivity index (χ0) is 21.9. The van der Waals surface area contributed by atoms with Crippen LogP contribution in [0.4, 0.5) is 5.69 Å². The van der Waals surface area contributed by atoms with Crippen molar-refractivity contribution in [1.82, 2.24) is 14.9 Å². The van der Waals surface area contributed by atoms with Crippen molar-refractivity contribution in [3.05, 3.63) is 94.3 Å². The van der Waals surface area contributed by atoms with Gasteiger partial charge in [0.1, 0.15) is 11.9 Å².